The van der Waals surface area contributed by atoms with E-state index in [0.717, 1.165) is 53.1 Å². The number of hydrogen-bond donors (Lipinski definition) is 3. The predicted octanol–water partition coefficient (Wildman–Crippen LogP) is 4.67. The Morgan fingerprint density at radius 1 is 0.976 bits per heavy atom. The fraction of sp³-hybridized carbons (Fsp3) is 0.419. The molecule has 0 bridgehead atoms. The summed E-state index contributed by atoms with van der Waals surface area (Å²) >= 11 is 0. The number of anilines is 5. The van der Waals surface area contributed by atoms with Crippen LogP contribution in [0.1, 0.15) is 12.8 Å². The van der Waals surface area contributed by atoms with E-state index in [1.165, 1.54) is 25.9 Å². The highest BCUT2D eigenvalue weighted by atomic mass is 31.2. The zero-order valence-electron chi connectivity index (χ0n) is 24.5. The van der Waals surface area contributed by atoms with Gasteiger partial charge >= 0.3 is 0 Å². The monoisotopic (exact) mass is 586 g/mol. The van der Waals surface area contributed by atoms with Crippen LogP contribution in [0.25, 0.3) is 11.0 Å². The molecule has 2 aromatic heterocycles. The minimum atomic E-state index is -2.49. The van der Waals surface area contributed by atoms with E-state index in [2.05, 4.69) is 49.5 Å². The fourth-order valence-electron chi connectivity index (χ4n) is 6.56. The molecule has 220 valence electrons. The van der Waals surface area contributed by atoms with Crippen molar-refractivity contribution in [3.8, 4) is 5.75 Å². The van der Waals surface area contributed by atoms with Gasteiger partial charge in [0.1, 0.15) is 31.0 Å². The van der Waals surface area contributed by atoms with Crippen LogP contribution in [0.5, 0.6) is 5.75 Å². The number of nitrogens with zero attached hydrogens (tertiary/aromatic N) is 5. The van der Waals surface area contributed by atoms with E-state index in [0.29, 0.717) is 36.1 Å². The number of para-hydroxylation sites is 1. The minimum absolute atomic E-state index is 0.376. The number of rotatable bonds is 6. The van der Waals surface area contributed by atoms with E-state index in [1.54, 1.807) is 13.3 Å². The van der Waals surface area contributed by atoms with Crippen LogP contribution in [-0.4, -0.2) is 96.5 Å². The van der Waals surface area contributed by atoms with Gasteiger partial charge in [-0.05, 0) is 76.6 Å². The van der Waals surface area contributed by atoms with Crippen molar-refractivity contribution in [1.82, 2.24) is 24.8 Å². The maximum Gasteiger partial charge on any atom is 0.231 e. The van der Waals surface area contributed by atoms with Crippen LogP contribution in [0, 0.1) is 0 Å². The van der Waals surface area contributed by atoms with Crippen LogP contribution in [-0.2, 0) is 4.57 Å². The molecule has 3 aliphatic rings. The molecule has 4 aromatic rings. The number of piperidine rings is 1. The molecule has 0 spiro atoms. The van der Waals surface area contributed by atoms with Crippen molar-refractivity contribution < 1.29 is 9.30 Å². The van der Waals surface area contributed by atoms with Gasteiger partial charge in [-0.15, -0.1) is 0 Å². The number of aromatic nitrogens is 3. The van der Waals surface area contributed by atoms with Crippen molar-refractivity contribution in [2.45, 2.75) is 24.9 Å². The molecule has 3 N–H and O–H groups in total. The van der Waals surface area contributed by atoms with Crippen LogP contribution in [0.2, 0.25) is 0 Å². The van der Waals surface area contributed by atoms with E-state index >= 15 is 0 Å². The van der Waals surface area contributed by atoms with Crippen LogP contribution in [0.3, 0.4) is 0 Å². The third-order valence-corrected chi connectivity index (χ3v) is 10.4. The Morgan fingerprint density at radius 3 is 2.64 bits per heavy atom. The van der Waals surface area contributed by atoms with Crippen molar-refractivity contribution in [2.24, 2.45) is 0 Å². The summed E-state index contributed by atoms with van der Waals surface area (Å²) in [5.41, 5.74) is 3.51. The number of fused-ring (bicyclic) bond motifs is 4. The second kappa shape index (κ2) is 10.9. The van der Waals surface area contributed by atoms with Crippen LogP contribution >= 0.6 is 7.14 Å². The number of piperazine rings is 1. The van der Waals surface area contributed by atoms with Crippen molar-refractivity contribution in [3.05, 3.63) is 54.7 Å². The highest BCUT2D eigenvalue weighted by Crippen LogP contribution is 2.40. The minimum Gasteiger partial charge on any atom is -0.489 e. The van der Waals surface area contributed by atoms with Gasteiger partial charge in [0, 0.05) is 48.9 Å². The van der Waals surface area contributed by atoms with Crippen LogP contribution in [0.15, 0.2) is 54.7 Å². The fourth-order valence-corrected chi connectivity index (χ4v) is 7.72. The molecular formula is C31H39N8O2P. The smallest absolute Gasteiger partial charge is 0.231 e. The Hall–Kier alpha value is -3.59. The van der Waals surface area contributed by atoms with Crippen molar-refractivity contribution in [3.63, 3.8) is 0 Å². The van der Waals surface area contributed by atoms with Gasteiger partial charge in [-0.25, -0.2) is 0 Å². The quantitative estimate of drug-likeness (QED) is 0.278. The molecule has 0 radical (unpaired) electrons. The molecule has 1 atom stereocenters. The summed E-state index contributed by atoms with van der Waals surface area (Å²) in [4.78, 5) is 20.4. The van der Waals surface area contributed by atoms with Gasteiger partial charge in [-0.1, -0.05) is 12.1 Å². The Balaban J connectivity index is 1.09. The molecule has 11 heteroatoms. The van der Waals surface area contributed by atoms with Gasteiger partial charge in [0.05, 0.1) is 22.8 Å². The van der Waals surface area contributed by atoms with Crippen LogP contribution in [0.4, 0.5) is 28.8 Å². The molecule has 10 nitrogen and oxygen atoms in total. The van der Waals surface area contributed by atoms with Gasteiger partial charge in [-0.2, -0.15) is 9.97 Å². The topological polar surface area (TPSA) is 102 Å². The van der Waals surface area contributed by atoms with E-state index < -0.39 is 7.14 Å². The normalized spacial score (nSPS) is 20.2. The Labute approximate surface area is 246 Å². The van der Waals surface area contributed by atoms with Crippen molar-refractivity contribution >= 4 is 52.3 Å². The molecule has 42 heavy (non-hydrogen) atoms. The Morgan fingerprint density at radius 2 is 1.81 bits per heavy atom. The number of aromatic amines is 1. The highest BCUT2D eigenvalue weighted by molar-refractivity contribution is 7.70. The number of hydrogen-bond acceptors (Lipinski definition) is 9. The van der Waals surface area contributed by atoms with Gasteiger partial charge in [0.2, 0.25) is 5.95 Å². The third-order valence-electron chi connectivity index (χ3n) is 8.83. The third kappa shape index (κ3) is 5.35. The molecule has 2 fully saturated rings. The first kappa shape index (κ1) is 27.3. The first-order valence-corrected chi connectivity index (χ1v) is 17.4. The van der Waals surface area contributed by atoms with Crippen molar-refractivity contribution in [2.75, 3.05) is 75.2 Å². The predicted molar refractivity (Wildman–Crippen MR) is 171 cm³/mol. The van der Waals surface area contributed by atoms with E-state index in [9.17, 15) is 4.57 Å². The van der Waals surface area contributed by atoms with Gasteiger partial charge in [0.15, 0.2) is 0 Å². The number of nitrogens with one attached hydrogen (secondary N) is 3. The Kier molecular flexibility index (Phi) is 7.08. The Bertz CT molecular complexity index is 1640. The molecule has 0 aliphatic carbocycles. The van der Waals surface area contributed by atoms with Gasteiger partial charge in [-0.3, -0.25) is 4.90 Å². The van der Waals surface area contributed by atoms with E-state index in [4.69, 9.17) is 14.7 Å². The van der Waals surface area contributed by atoms with E-state index in [-0.39, 0.29) is 0 Å². The summed E-state index contributed by atoms with van der Waals surface area (Å²) in [7, 11) is -0.268. The molecule has 0 saturated carbocycles. The largest absolute Gasteiger partial charge is 0.489 e. The maximum absolute atomic E-state index is 12.9. The zero-order chi connectivity index (χ0) is 28.8. The summed E-state index contributed by atoms with van der Waals surface area (Å²) in [5, 5.41) is 8.46. The molecule has 5 heterocycles. The summed E-state index contributed by atoms with van der Waals surface area (Å²) in [6.07, 6.45) is 4.36. The number of benzene rings is 2. The summed E-state index contributed by atoms with van der Waals surface area (Å²) in [5.74, 6) is 1.99. The van der Waals surface area contributed by atoms with Crippen LogP contribution < -0.4 is 25.6 Å². The summed E-state index contributed by atoms with van der Waals surface area (Å²) < 4.78 is 19.3. The number of ether oxygens (including phenoxy) is 1. The lowest BCUT2D eigenvalue weighted by atomic mass is 10.00. The maximum atomic E-state index is 12.9. The molecule has 0 unspecified atom stereocenters. The zero-order valence-corrected chi connectivity index (χ0v) is 25.4. The lowest BCUT2D eigenvalue weighted by Crippen LogP contribution is -2.60. The van der Waals surface area contributed by atoms with Gasteiger partial charge in [0.25, 0.3) is 0 Å². The van der Waals surface area contributed by atoms with Gasteiger partial charge < -0.3 is 34.7 Å². The average molecular weight is 587 g/mol. The standard InChI is InChI=1S/C31H39N8O2P/c1-37-14-11-22(12-15-37)38-16-17-39-23(19-38)20-41-27-18-21(8-9-26(27)39)33-31-35-29-24(10-13-32-29)30(36-31)34-25-6-4-5-7-28(25)42(2,3)40/h4-10,13,18,22-23H,11-12,14-17,19-20H2,1-3H3,(H3,32,33,34,35,36)/t23-/m0/s1. The average Bonchev–Trinajstić information content (AvgIpc) is 3.46. The number of likely N-dealkylation sites (tertiary alicyclic amines) is 1. The second-order valence-electron chi connectivity index (χ2n) is 12.1. The second-order valence-corrected chi connectivity index (χ2v) is 15.3. The SMILES string of the molecule is CN1CCC(N2CCN3c4ccc(Nc5nc(Nc6ccccc6P(C)(C)=O)c6cc[nH]c6n5)cc4OC[C@@H]3C2)CC1. The molecule has 7 rings (SSSR count). The number of H-pyrrole nitrogens is 1. The van der Waals surface area contributed by atoms with E-state index in [1.807, 2.05) is 42.6 Å². The lowest BCUT2D eigenvalue weighted by Gasteiger charge is -2.48. The first-order valence-electron chi connectivity index (χ1n) is 14.8. The molecule has 2 saturated heterocycles. The first-order chi connectivity index (χ1) is 20.3. The molecule has 0 amide bonds. The molecular weight excluding hydrogens is 547 g/mol. The summed E-state index contributed by atoms with van der Waals surface area (Å²) in [6, 6.07) is 17.0. The van der Waals surface area contributed by atoms with Crippen molar-refractivity contribution in [1.29, 1.82) is 0 Å². The molecule has 3 aliphatic heterocycles. The molecule has 2 aromatic carbocycles. The highest BCUT2D eigenvalue weighted by Gasteiger charge is 2.36. The summed E-state index contributed by atoms with van der Waals surface area (Å²) in [6.45, 7) is 9.80. The lowest BCUT2D eigenvalue weighted by molar-refractivity contribution is 0.0868.